The zero-order valence-electron chi connectivity index (χ0n) is 19.2. The van der Waals surface area contributed by atoms with E-state index in [1.54, 1.807) is 16.5 Å². The molecule has 3 aromatic rings. The minimum absolute atomic E-state index is 0.0200. The third-order valence-electron chi connectivity index (χ3n) is 6.18. The van der Waals surface area contributed by atoms with Crippen molar-refractivity contribution in [3.05, 3.63) is 51.6 Å². The van der Waals surface area contributed by atoms with Gasteiger partial charge in [0.15, 0.2) is 5.82 Å². The number of aromatic nitrogens is 4. The van der Waals surface area contributed by atoms with Crippen molar-refractivity contribution in [2.24, 2.45) is 7.05 Å². The highest BCUT2D eigenvalue weighted by atomic mass is 16.5. The molecule has 1 aromatic carbocycles. The van der Waals surface area contributed by atoms with Crippen molar-refractivity contribution in [1.82, 2.24) is 24.2 Å². The fourth-order valence-electron chi connectivity index (χ4n) is 4.15. The van der Waals surface area contributed by atoms with E-state index in [2.05, 4.69) is 10.1 Å². The van der Waals surface area contributed by atoms with E-state index in [4.69, 9.17) is 4.74 Å². The monoisotopic (exact) mass is 438 g/mol. The summed E-state index contributed by atoms with van der Waals surface area (Å²) in [4.78, 5) is 34.6. The molecule has 1 amide bonds. The molecule has 1 aliphatic heterocycles. The first-order chi connectivity index (χ1) is 15.4. The lowest BCUT2D eigenvalue weighted by atomic mass is 10.2. The molecule has 0 bridgehead atoms. The molecule has 0 atom stereocenters. The third-order valence-corrected chi connectivity index (χ3v) is 6.18. The van der Waals surface area contributed by atoms with Crippen molar-refractivity contribution >= 4 is 22.8 Å². The number of para-hydroxylation sites is 2. The minimum Gasteiger partial charge on any atom is -0.378 e. The Balaban J connectivity index is 1.56. The van der Waals surface area contributed by atoms with Gasteiger partial charge < -0.3 is 19.1 Å². The van der Waals surface area contributed by atoms with Gasteiger partial charge in [0.2, 0.25) is 5.91 Å². The molecule has 0 saturated carbocycles. The van der Waals surface area contributed by atoms with E-state index in [0.29, 0.717) is 45.2 Å². The number of amides is 1. The second-order valence-corrected chi connectivity index (χ2v) is 8.25. The van der Waals surface area contributed by atoms with E-state index in [-0.39, 0.29) is 17.9 Å². The standard InChI is InChI=1S/C23H30N6O3/c1-16-18(17(2)27(4)25-16)15-26(3)21(30)9-10-29-20-8-6-5-7-19(20)24-22(23(29)31)28-11-13-32-14-12-28/h5-8H,9-15H2,1-4H3. The smallest absolute Gasteiger partial charge is 0.294 e. The van der Waals surface area contributed by atoms with Crippen LogP contribution in [0.2, 0.25) is 0 Å². The average molecular weight is 439 g/mol. The van der Waals surface area contributed by atoms with Gasteiger partial charge in [0.1, 0.15) is 0 Å². The van der Waals surface area contributed by atoms with E-state index in [1.807, 2.05) is 54.7 Å². The van der Waals surface area contributed by atoms with Crippen molar-refractivity contribution in [1.29, 1.82) is 0 Å². The number of fused-ring (bicyclic) bond motifs is 1. The first-order valence-corrected chi connectivity index (χ1v) is 10.9. The van der Waals surface area contributed by atoms with Gasteiger partial charge in [0.25, 0.3) is 5.56 Å². The third kappa shape index (κ3) is 4.25. The van der Waals surface area contributed by atoms with E-state index < -0.39 is 0 Å². The van der Waals surface area contributed by atoms with Crippen molar-refractivity contribution in [3.63, 3.8) is 0 Å². The topological polar surface area (TPSA) is 85.5 Å². The Morgan fingerprint density at radius 1 is 1.19 bits per heavy atom. The van der Waals surface area contributed by atoms with Gasteiger partial charge in [-0.3, -0.25) is 14.3 Å². The summed E-state index contributed by atoms with van der Waals surface area (Å²) in [5.41, 5.74) is 4.36. The Labute approximate surface area is 187 Å². The zero-order valence-corrected chi connectivity index (χ0v) is 19.2. The number of hydrogen-bond donors (Lipinski definition) is 0. The second-order valence-electron chi connectivity index (χ2n) is 8.25. The molecule has 170 valence electrons. The lowest BCUT2D eigenvalue weighted by Gasteiger charge is -2.28. The van der Waals surface area contributed by atoms with Crippen LogP contribution in [0.4, 0.5) is 5.82 Å². The number of aryl methyl sites for hydroxylation is 3. The quantitative estimate of drug-likeness (QED) is 0.582. The van der Waals surface area contributed by atoms with Crippen LogP contribution in [0.5, 0.6) is 0 Å². The number of morpholine rings is 1. The molecular formula is C23H30N6O3. The molecule has 3 heterocycles. The average Bonchev–Trinajstić information content (AvgIpc) is 3.04. The Hall–Kier alpha value is -3.20. The molecule has 0 aliphatic carbocycles. The van der Waals surface area contributed by atoms with Crippen LogP contribution < -0.4 is 10.5 Å². The van der Waals surface area contributed by atoms with Crippen LogP contribution in [-0.2, 0) is 29.7 Å². The number of carbonyl (C=O) groups excluding carboxylic acids is 1. The van der Waals surface area contributed by atoms with Gasteiger partial charge in [-0.25, -0.2) is 4.98 Å². The number of ether oxygens (including phenoxy) is 1. The first kappa shape index (κ1) is 22.0. The lowest BCUT2D eigenvalue weighted by molar-refractivity contribution is -0.130. The molecule has 4 rings (SSSR count). The summed E-state index contributed by atoms with van der Waals surface area (Å²) in [7, 11) is 3.70. The molecule has 1 saturated heterocycles. The first-order valence-electron chi connectivity index (χ1n) is 10.9. The molecular weight excluding hydrogens is 408 g/mol. The van der Waals surface area contributed by atoms with Crippen LogP contribution in [0.3, 0.4) is 0 Å². The summed E-state index contributed by atoms with van der Waals surface area (Å²) in [6.45, 7) is 7.16. The SMILES string of the molecule is Cc1nn(C)c(C)c1CN(C)C(=O)CCn1c(=O)c(N2CCOCC2)nc2ccccc21. The van der Waals surface area contributed by atoms with Crippen LogP contribution in [0.1, 0.15) is 23.4 Å². The van der Waals surface area contributed by atoms with Gasteiger partial charge in [0, 0.05) is 58.0 Å². The van der Waals surface area contributed by atoms with Crippen LogP contribution in [0, 0.1) is 13.8 Å². The fraction of sp³-hybridized carbons (Fsp3) is 0.478. The van der Waals surface area contributed by atoms with Crippen molar-refractivity contribution in [2.75, 3.05) is 38.3 Å². The Kier molecular flexibility index (Phi) is 6.27. The molecule has 0 radical (unpaired) electrons. The molecule has 1 fully saturated rings. The highest BCUT2D eigenvalue weighted by Gasteiger charge is 2.21. The summed E-state index contributed by atoms with van der Waals surface area (Å²) in [5, 5.41) is 4.43. The fourth-order valence-corrected chi connectivity index (χ4v) is 4.15. The van der Waals surface area contributed by atoms with Gasteiger partial charge in [-0.15, -0.1) is 0 Å². The van der Waals surface area contributed by atoms with E-state index in [9.17, 15) is 9.59 Å². The molecule has 0 N–H and O–H groups in total. The highest BCUT2D eigenvalue weighted by molar-refractivity contribution is 5.78. The van der Waals surface area contributed by atoms with Crippen LogP contribution in [-0.4, -0.2) is 63.5 Å². The van der Waals surface area contributed by atoms with Crippen LogP contribution >= 0.6 is 0 Å². The number of hydrogen-bond acceptors (Lipinski definition) is 6. The normalized spacial score (nSPS) is 14.2. The molecule has 32 heavy (non-hydrogen) atoms. The van der Waals surface area contributed by atoms with Crippen molar-refractivity contribution in [3.8, 4) is 0 Å². The largest absolute Gasteiger partial charge is 0.378 e. The van der Waals surface area contributed by atoms with E-state index in [1.165, 1.54) is 0 Å². The Morgan fingerprint density at radius 2 is 1.91 bits per heavy atom. The van der Waals surface area contributed by atoms with Crippen LogP contribution in [0.15, 0.2) is 29.1 Å². The maximum atomic E-state index is 13.3. The number of carbonyl (C=O) groups is 1. The number of rotatable bonds is 6. The van der Waals surface area contributed by atoms with Gasteiger partial charge >= 0.3 is 0 Å². The maximum absolute atomic E-state index is 13.3. The maximum Gasteiger partial charge on any atom is 0.294 e. The second kappa shape index (κ2) is 9.12. The lowest BCUT2D eigenvalue weighted by Crippen LogP contribution is -2.41. The number of anilines is 1. The summed E-state index contributed by atoms with van der Waals surface area (Å²) in [6.07, 6.45) is 0.228. The molecule has 9 heteroatoms. The van der Waals surface area contributed by atoms with Gasteiger partial charge in [-0.05, 0) is 26.0 Å². The van der Waals surface area contributed by atoms with Gasteiger partial charge in [-0.2, -0.15) is 5.10 Å². The van der Waals surface area contributed by atoms with Gasteiger partial charge in [-0.1, -0.05) is 12.1 Å². The predicted octanol–water partition coefficient (Wildman–Crippen LogP) is 1.63. The van der Waals surface area contributed by atoms with Crippen LogP contribution in [0.25, 0.3) is 11.0 Å². The van der Waals surface area contributed by atoms with E-state index >= 15 is 0 Å². The minimum atomic E-state index is -0.167. The molecule has 0 unspecified atom stereocenters. The Morgan fingerprint density at radius 3 is 2.59 bits per heavy atom. The highest BCUT2D eigenvalue weighted by Crippen LogP contribution is 2.17. The zero-order chi connectivity index (χ0) is 22.8. The molecule has 0 spiro atoms. The summed E-state index contributed by atoms with van der Waals surface area (Å²) >= 11 is 0. The molecule has 2 aromatic heterocycles. The van der Waals surface area contributed by atoms with Crippen molar-refractivity contribution in [2.45, 2.75) is 33.4 Å². The van der Waals surface area contributed by atoms with E-state index in [0.717, 1.165) is 28.0 Å². The summed E-state index contributed by atoms with van der Waals surface area (Å²) < 4.78 is 8.93. The molecule has 1 aliphatic rings. The summed E-state index contributed by atoms with van der Waals surface area (Å²) in [6, 6.07) is 7.57. The predicted molar refractivity (Wildman–Crippen MR) is 123 cm³/mol. The Bertz CT molecular complexity index is 1190. The van der Waals surface area contributed by atoms with Gasteiger partial charge in [0.05, 0.1) is 29.9 Å². The number of benzene rings is 1. The molecule has 9 nitrogen and oxygen atoms in total. The number of nitrogens with zero attached hydrogens (tertiary/aromatic N) is 6. The van der Waals surface area contributed by atoms with Crippen molar-refractivity contribution < 1.29 is 9.53 Å². The summed E-state index contributed by atoms with van der Waals surface area (Å²) in [5.74, 6) is 0.405.